The average Bonchev–Trinajstić information content (AvgIpc) is 3.47. The number of carbonyl (C=O) groups excluding carboxylic acids is 1. The van der Waals surface area contributed by atoms with Crippen molar-refractivity contribution >= 4 is 44.4 Å². The minimum Gasteiger partial charge on any atom is -0.492 e. The Morgan fingerprint density at radius 3 is 2.90 bits per heavy atom. The molecule has 6 nitrogen and oxygen atoms in total. The summed E-state index contributed by atoms with van der Waals surface area (Å²) in [6.45, 7) is 3.87. The van der Waals surface area contributed by atoms with Crippen LogP contribution in [0.3, 0.4) is 0 Å². The van der Waals surface area contributed by atoms with Gasteiger partial charge >= 0.3 is 0 Å². The lowest BCUT2D eigenvalue weighted by Crippen LogP contribution is -2.32. The van der Waals surface area contributed by atoms with Crippen LogP contribution in [0.5, 0.6) is 5.75 Å². The summed E-state index contributed by atoms with van der Waals surface area (Å²) >= 11 is 3.14. The van der Waals surface area contributed by atoms with Crippen molar-refractivity contribution in [2.75, 3.05) is 24.3 Å². The van der Waals surface area contributed by atoms with Crippen molar-refractivity contribution in [2.45, 2.75) is 24.8 Å². The predicted molar refractivity (Wildman–Crippen MR) is 128 cm³/mol. The zero-order chi connectivity index (χ0) is 21.6. The minimum absolute atomic E-state index is 0.0430. The lowest BCUT2D eigenvalue weighted by atomic mass is 10.2. The molecule has 0 atom stereocenters. The molecule has 0 N–H and O–H groups in total. The number of fused-ring (bicyclic) bond motifs is 1. The van der Waals surface area contributed by atoms with Gasteiger partial charge in [-0.15, -0.1) is 11.8 Å². The molecule has 0 saturated heterocycles. The fourth-order valence-corrected chi connectivity index (χ4v) is 4.79. The molecule has 0 saturated carbocycles. The van der Waals surface area contributed by atoms with Crippen LogP contribution in [0, 0.1) is 0 Å². The van der Waals surface area contributed by atoms with Gasteiger partial charge in [-0.1, -0.05) is 23.5 Å². The van der Waals surface area contributed by atoms with Gasteiger partial charge in [0.1, 0.15) is 11.3 Å². The van der Waals surface area contributed by atoms with Gasteiger partial charge in [-0.05, 0) is 49.9 Å². The molecule has 0 bridgehead atoms. The van der Waals surface area contributed by atoms with Crippen LogP contribution < -0.4 is 9.64 Å². The largest absolute Gasteiger partial charge is 0.492 e. The molecule has 1 amide bonds. The Labute approximate surface area is 189 Å². The number of aromatic nitrogens is 3. The van der Waals surface area contributed by atoms with Crippen molar-refractivity contribution in [3.05, 3.63) is 66.7 Å². The number of imidazole rings is 1. The minimum atomic E-state index is -0.0430. The topological polar surface area (TPSA) is 60.2 Å². The third-order valence-corrected chi connectivity index (χ3v) is 6.59. The summed E-state index contributed by atoms with van der Waals surface area (Å²) in [4.78, 5) is 25.3. The number of anilines is 1. The standard InChI is InChI=1S/C23H24N4O2S2/c1-3-29-19-9-5-10-20-21(19)25-23(31-20)27(13-6-12-26-14-11-24-16-26)22(28)17-7-4-8-18(15-17)30-2/h4-5,7-11,14-16H,3,6,12-13H2,1-2H3. The summed E-state index contributed by atoms with van der Waals surface area (Å²) in [5.41, 5.74) is 1.47. The molecule has 0 aliphatic heterocycles. The summed E-state index contributed by atoms with van der Waals surface area (Å²) in [6.07, 6.45) is 8.29. The van der Waals surface area contributed by atoms with Crippen LogP contribution in [-0.4, -0.2) is 39.8 Å². The lowest BCUT2D eigenvalue weighted by molar-refractivity contribution is 0.0986. The van der Waals surface area contributed by atoms with Crippen molar-refractivity contribution < 1.29 is 9.53 Å². The molecule has 160 valence electrons. The van der Waals surface area contributed by atoms with E-state index in [-0.39, 0.29) is 5.91 Å². The van der Waals surface area contributed by atoms with Crippen LogP contribution in [0.25, 0.3) is 10.2 Å². The molecular formula is C23H24N4O2S2. The highest BCUT2D eigenvalue weighted by atomic mass is 32.2. The highest BCUT2D eigenvalue weighted by molar-refractivity contribution is 7.98. The van der Waals surface area contributed by atoms with E-state index in [4.69, 9.17) is 9.72 Å². The summed E-state index contributed by atoms with van der Waals surface area (Å²) in [5, 5.41) is 0.687. The second-order valence-corrected chi connectivity index (χ2v) is 8.76. The Kier molecular flexibility index (Phi) is 6.89. The maximum Gasteiger partial charge on any atom is 0.260 e. The van der Waals surface area contributed by atoms with Crippen molar-refractivity contribution in [1.82, 2.24) is 14.5 Å². The number of hydrogen-bond acceptors (Lipinski definition) is 6. The van der Waals surface area contributed by atoms with E-state index in [0.717, 1.165) is 33.8 Å². The fraction of sp³-hybridized carbons (Fsp3) is 0.261. The third-order valence-electron chi connectivity index (χ3n) is 4.82. The van der Waals surface area contributed by atoms with E-state index in [2.05, 4.69) is 4.98 Å². The summed E-state index contributed by atoms with van der Waals surface area (Å²) in [7, 11) is 0. The Morgan fingerprint density at radius 1 is 1.26 bits per heavy atom. The van der Waals surface area contributed by atoms with Crippen LogP contribution in [-0.2, 0) is 6.54 Å². The predicted octanol–water partition coefficient (Wildman–Crippen LogP) is 5.35. The third kappa shape index (κ3) is 4.91. The molecule has 0 fully saturated rings. The van der Waals surface area contributed by atoms with E-state index in [1.54, 1.807) is 29.2 Å². The first-order valence-corrected chi connectivity index (χ1v) is 12.2. The molecule has 0 radical (unpaired) electrons. The Bertz CT molecular complexity index is 1160. The van der Waals surface area contributed by atoms with Crippen LogP contribution in [0.4, 0.5) is 5.13 Å². The molecule has 4 aromatic rings. The number of para-hydroxylation sites is 1. The number of ether oxygens (including phenoxy) is 1. The fourth-order valence-electron chi connectivity index (χ4n) is 3.33. The number of nitrogens with zero attached hydrogens (tertiary/aromatic N) is 4. The van der Waals surface area contributed by atoms with Crippen LogP contribution >= 0.6 is 23.1 Å². The molecule has 2 aromatic carbocycles. The second-order valence-electron chi connectivity index (χ2n) is 6.88. The maximum absolute atomic E-state index is 13.5. The van der Waals surface area contributed by atoms with Crippen molar-refractivity contribution in [3.63, 3.8) is 0 Å². The second kappa shape index (κ2) is 9.98. The molecule has 0 aliphatic carbocycles. The van der Waals surface area contributed by atoms with Gasteiger partial charge in [0.2, 0.25) is 0 Å². The van der Waals surface area contributed by atoms with Gasteiger partial charge in [-0.3, -0.25) is 9.69 Å². The molecule has 31 heavy (non-hydrogen) atoms. The zero-order valence-electron chi connectivity index (χ0n) is 17.5. The Hall–Kier alpha value is -2.84. The first kappa shape index (κ1) is 21.4. The highest BCUT2D eigenvalue weighted by Gasteiger charge is 2.22. The van der Waals surface area contributed by atoms with Gasteiger partial charge in [-0.2, -0.15) is 0 Å². The first-order chi connectivity index (χ1) is 15.2. The van der Waals surface area contributed by atoms with E-state index >= 15 is 0 Å². The number of carbonyl (C=O) groups is 1. The van der Waals surface area contributed by atoms with Crippen LogP contribution in [0.15, 0.2) is 66.1 Å². The lowest BCUT2D eigenvalue weighted by Gasteiger charge is -2.20. The van der Waals surface area contributed by atoms with Gasteiger partial charge in [0, 0.05) is 35.9 Å². The maximum atomic E-state index is 13.5. The molecule has 2 aromatic heterocycles. The zero-order valence-corrected chi connectivity index (χ0v) is 19.2. The van der Waals surface area contributed by atoms with E-state index in [1.807, 2.05) is 66.4 Å². The monoisotopic (exact) mass is 452 g/mol. The number of rotatable bonds is 9. The van der Waals surface area contributed by atoms with Crippen molar-refractivity contribution in [3.8, 4) is 5.75 Å². The summed E-state index contributed by atoms with van der Waals surface area (Å²) < 4.78 is 8.77. The number of amides is 1. The van der Waals surface area contributed by atoms with Crippen LogP contribution in [0.1, 0.15) is 23.7 Å². The molecule has 8 heteroatoms. The number of hydrogen-bond donors (Lipinski definition) is 0. The normalized spacial score (nSPS) is 11.0. The van der Waals surface area contributed by atoms with Gasteiger partial charge in [0.25, 0.3) is 5.91 Å². The molecule has 0 aliphatic rings. The average molecular weight is 453 g/mol. The number of thioether (sulfide) groups is 1. The summed E-state index contributed by atoms with van der Waals surface area (Å²) in [5.74, 6) is 0.705. The van der Waals surface area contributed by atoms with Gasteiger partial charge in [-0.25, -0.2) is 9.97 Å². The van der Waals surface area contributed by atoms with Crippen molar-refractivity contribution in [1.29, 1.82) is 0 Å². The van der Waals surface area contributed by atoms with E-state index < -0.39 is 0 Å². The van der Waals surface area contributed by atoms with Gasteiger partial charge < -0.3 is 9.30 Å². The molecule has 0 unspecified atom stereocenters. The Balaban J connectivity index is 1.66. The molecule has 2 heterocycles. The first-order valence-electron chi connectivity index (χ1n) is 10.1. The molecular weight excluding hydrogens is 428 g/mol. The number of aryl methyl sites for hydroxylation is 1. The highest BCUT2D eigenvalue weighted by Crippen LogP contribution is 2.35. The SMILES string of the molecule is CCOc1cccc2sc(N(CCCn3ccnc3)C(=O)c3cccc(SC)c3)nc12. The van der Waals surface area contributed by atoms with E-state index in [1.165, 1.54) is 11.3 Å². The summed E-state index contributed by atoms with van der Waals surface area (Å²) in [6, 6.07) is 13.6. The van der Waals surface area contributed by atoms with Gasteiger partial charge in [0.15, 0.2) is 5.13 Å². The van der Waals surface area contributed by atoms with Gasteiger partial charge in [0.05, 0.1) is 17.6 Å². The van der Waals surface area contributed by atoms with Crippen LogP contribution in [0.2, 0.25) is 0 Å². The Morgan fingerprint density at radius 2 is 2.13 bits per heavy atom. The number of benzene rings is 2. The van der Waals surface area contributed by atoms with E-state index in [0.29, 0.717) is 23.8 Å². The quantitative estimate of drug-likeness (QED) is 0.320. The smallest absolute Gasteiger partial charge is 0.260 e. The molecule has 0 spiro atoms. The van der Waals surface area contributed by atoms with E-state index in [9.17, 15) is 4.79 Å². The molecule has 4 rings (SSSR count). The van der Waals surface area contributed by atoms with Crippen molar-refractivity contribution in [2.24, 2.45) is 0 Å². The number of thiazole rings is 1.